The first-order chi connectivity index (χ1) is 17.2. The average molecular weight is 560 g/mol. The quantitative estimate of drug-likeness (QED) is 0.188. The maximum absolute atomic E-state index is 14.4. The van der Waals surface area contributed by atoms with Gasteiger partial charge in [-0.25, -0.2) is 8.78 Å². The van der Waals surface area contributed by atoms with E-state index in [1.165, 1.54) is 18.2 Å². The molecule has 2 aromatic rings. The Morgan fingerprint density at radius 2 is 1.78 bits per heavy atom. The Hall–Kier alpha value is -1.52. The zero-order valence-corrected chi connectivity index (χ0v) is 23.7. The standard InChI is InChI=1S/C19H29ClFN3O2S.C7H7FS/c1-24(2)11-7-10-22-17-15(20)12-14(13-16(17)21)27-23-18(25)19(26-3)8-5-4-6-9-19;1-9-7-4-2-6(8)3-5-7/h12-13,22H,4-11H2,1-3H3,(H,23,25);2-5H,1H3. The Bertz CT molecular complexity index is 936. The second-order valence-corrected chi connectivity index (χ2v) is 11.0. The van der Waals surface area contributed by atoms with E-state index in [4.69, 9.17) is 16.3 Å². The number of nitrogens with zero attached hydrogens (tertiary/aromatic N) is 1. The lowest BCUT2D eigenvalue weighted by Crippen LogP contribution is -2.47. The van der Waals surface area contributed by atoms with Crippen molar-refractivity contribution in [2.75, 3.05) is 45.9 Å². The van der Waals surface area contributed by atoms with Crippen LogP contribution in [0.2, 0.25) is 5.02 Å². The van der Waals surface area contributed by atoms with Crippen molar-refractivity contribution in [2.45, 2.75) is 53.9 Å². The molecule has 0 aromatic heterocycles. The lowest BCUT2D eigenvalue weighted by molar-refractivity contribution is -0.145. The van der Waals surface area contributed by atoms with Crippen molar-refractivity contribution in [2.24, 2.45) is 0 Å². The fourth-order valence-electron chi connectivity index (χ4n) is 3.80. The van der Waals surface area contributed by atoms with E-state index in [-0.39, 0.29) is 11.7 Å². The molecule has 36 heavy (non-hydrogen) atoms. The van der Waals surface area contributed by atoms with E-state index in [0.717, 1.165) is 49.1 Å². The zero-order chi connectivity index (χ0) is 26.6. The van der Waals surface area contributed by atoms with E-state index in [9.17, 15) is 13.6 Å². The number of methoxy groups -OCH3 is 1. The van der Waals surface area contributed by atoms with Gasteiger partial charge in [-0.05, 0) is 94.5 Å². The maximum atomic E-state index is 14.4. The molecule has 0 atom stereocenters. The molecule has 2 N–H and O–H groups in total. The summed E-state index contributed by atoms with van der Waals surface area (Å²) in [5, 5.41) is 3.35. The summed E-state index contributed by atoms with van der Waals surface area (Å²) in [4.78, 5) is 16.3. The summed E-state index contributed by atoms with van der Waals surface area (Å²) in [5.41, 5.74) is -0.478. The van der Waals surface area contributed by atoms with Gasteiger partial charge < -0.3 is 15.0 Å². The van der Waals surface area contributed by atoms with Gasteiger partial charge in [0.15, 0.2) is 0 Å². The fourth-order valence-corrected chi connectivity index (χ4v) is 5.29. The predicted molar refractivity (Wildman–Crippen MR) is 148 cm³/mol. The molecule has 5 nitrogen and oxygen atoms in total. The number of hydrogen-bond donors (Lipinski definition) is 2. The van der Waals surface area contributed by atoms with Crippen molar-refractivity contribution >= 4 is 46.9 Å². The highest BCUT2D eigenvalue weighted by Gasteiger charge is 2.39. The van der Waals surface area contributed by atoms with Crippen molar-refractivity contribution in [1.82, 2.24) is 9.62 Å². The van der Waals surface area contributed by atoms with Crippen LogP contribution < -0.4 is 10.0 Å². The van der Waals surface area contributed by atoms with Crippen LogP contribution in [0.15, 0.2) is 46.2 Å². The van der Waals surface area contributed by atoms with Gasteiger partial charge in [-0.3, -0.25) is 9.52 Å². The third kappa shape index (κ3) is 9.74. The Kier molecular flexibility index (Phi) is 13.4. The molecule has 1 amide bonds. The van der Waals surface area contributed by atoms with Gasteiger partial charge in [0.1, 0.15) is 17.2 Å². The van der Waals surface area contributed by atoms with Crippen LogP contribution in [0.3, 0.4) is 0 Å². The minimum Gasteiger partial charge on any atom is -0.381 e. The Morgan fingerprint density at radius 3 is 2.33 bits per heavy atom. The number of rotatable bonds is 10. The van der Waals surface area contributed by atoms with Gasteiger partial charge in [0, 0.05) is 23.4 Å². The molecule has 0 heterocycles. The van der Waals surface area contributed by atoms with Gasteiger partial charge in [0.05, 0.1) is 10.7 Å². The first kappa shape index (κ1) is 30.7. The lowest BCUT2D eigenvalue weighted by atomic mass is 9.84. The van der Waals surface area contributed by atoms with E-state index < -0.39 is 11.4 Å². The van der Waals surface area contributed by atoms with Gasteiger partial charge in [-0.15, -0.1) is 11.8 Å². The molecule has 1 aliphatic rings. The molecule has 3 rings (SSSR count). The first-order valence-electron chi connectivity index (χ1n) is 11.9. The number of halogens is 3. The molecule has 1 fully saturated rings. The average Bonchev–Trinajstić information content (AvgIpc) is 2.87. The van der Waals surface area contributed by atoms with Crippen molar-refractivity contribution in [3.05, 3.63) is 53.1 Å². The molecule has 0 saturated heterocycles. The Morgan fingerprint density at radius 1 is 1.11 bits per heavy atom. The van der Waals surface area contributed by atoms with E-state index in [2.05, 4.69) is 14.9 Å². The molecule has 0 bridgehead atoms. The largest absolute Gasteiger partial charge is 0.381 e. The number of carbonyl (C=O) groups is 1. The maximum Gasteiger partial charge on any atom is 0.262 e. The molecule has 10 heteroatoms. The first-order valence-corrected chi connectivity index (χ1v) is 14.3. The molecular weight excluding hydrogens is 524 g/mol. The third-order valence-electron chi connectivity index (χ3n) is 5.88. The van der Waals surface area contributed by atoms with Crippen LogP contribution in [-0.2, 0) is 9.53 Å². The van der Waals surface area contributed by atoms with E-state index in [1.807, 2.05) is 20.4 Å². The molecule has 2 aromatic carbocycles. The SMILES string of the molecule is COC1(C(=O)NSc2cc(F)c(NCCCN(C)C)c(Cl)c2)CCCCC1.CSc1ccc(F)cc1. The summed E-state index contributed by atoms with van der Waals surface area (Å²) in [7, 11) is 5.56. The highest BCUT2D eigenvalue weighted by atomic mass is 35.5. The lowest BCUT2D eigenvalue weighted by Gasteiger charge is -2.34. The monoisotopic (exact) mass is 559 g/mol. The summed E-state index contributed by atoms with van der Waals surface area (Å²) in [6.07, 6.45) is 7.33. The van der Waals surface area contributed by atoms with Crippen LogP contribution in [0.1, 0.15) is 38.5 Å². The second kappa shape index (κ2) is 15.7. The van der Waals surface area contributed by atoms with Crippen LogP contribution in [-0.4, -0.2) is 57.0 Å². The fraction of sp³-hybridized carbons (Fsp3) is 0.500. The van der Waals surface area contributed by atoms with Crippen LogP contribution in [0.25, 0.3) is 0 Å². The van der Waals surface area contributed by atoms with E-state index >= 15 is 0 Å². The molecule has 0 radical (unpaired) electrons. The number of amides is 1. The third-order valence-corrected chi connectivity index (χ3v) is 7.68. The van der Waals surface area contributed by atoms with Crippen LogP contribution in [0.4, 0.5) is 14.5 Å². The molecule has 0 aliphatic heterocycles. The van der Waals surface area contributed by atoms with Crippen LogP contribution in [0.5, 0.6) is 0 Å². The van der Waals surface area contributed by atoms with Crippen molar-refractivity contribution in [1.29, 1.82) is 0 Å². The number of thioether (sulfide) groups is 1. The Balaban J connectivity index is 0.000000425. The normalized spacial score (nSPS) is 14.7. The number of carbonyl (C=O) groups excluding carboxylic acids is 1. The minimum atomic E-state index is -0.776. The summed E-state index contributed by atoms with van der Waals surface area (Å²) in [6.45, 7) is 1.54. The number of hydrogen-bond acceptors (Lipinski definition) is 6. The van der Waals surface area contributed by atoms with Crippen molar-refractivity contribution in [3.8, 4) is 0 Å². The number of nitrogens with one attached hydrogen (secondary N) is 2. The van der Waals surface area contributed by atoms with Crippen LogP contribution in [0, 0.1) is 11.6 Å². The highest BCUT2D eigenvalue weighted by Crippen LogP contribution is 2.34. The zero-order valence-electron chi connectivity index (χ0n) is 21.3. The summed E-state index contributed by atoms with van der Waals surface area (Å²) < 4.78 is 35.0. The van der Waals surface area contributed by atoms with Gasteiger partial charge >= 0.3 is 0 Å². The molecule has 200 valence electrons. The predicted octanol–water partition coefficient (Wildman–Crippen LogP) is 6.86. The molecule has 1 saturated carbocycles. The topological polar surface area (TPSA) is 53.6 Å². The van der Waals surface area contributed by atoms with Gasteiger partial charge in [0.25, 0.3) is 5.91 Å². The second-order valence-electron chi connectivity index (χ2n) is 8.80. The molecule has 0 spiro atoms. The molecule has 1 aliphatic carbocycles. The molecule has 0 unspecified atom stereocenters. The summed E-state index contributed by atoms with van der Waals surface area (Å²) in [6, 6.07) is 9.49. The van der Waals surface area contributed by atoms with Gasteiger partial charge in [0.2, 0.25) is 0 Å². The smallest absolute Gasteiger partial charge is 0.262 e. The summed E-state index contributed by atoms with van der Waals surface area (Å²) >= 11 is 8.91. The molecular formula is C26H36ClF2N3O2S2. The van der Waals surface area contributed by atoms with Crippen molar-refractivity contribution in [3.63, 3.8) is 0 Å². The van der Waals surface area contributed by atoms with Crippen molar-refractivity contribution < 1.29 is 18.3 Å². The number of ether oxygens (including phenoxy) is 1. The van der Waals surface area contributed by atoms with Gasteiger partial charge in [-0.1, -0.05) is 30.9 Å². The Labute approximate surface area is 227 Å². The number of benzene rings is 2. The number of anilines is 1. The summed E-state index contributed by atoms with van der Waals surface area (Å²) in [5.74, 6) is -0.770. The van der Waals surface area contributed by atoms with Crippen LogP contribution >= 0.6 is 35.3 Å². The highest BCUT2D eigenvalue weighted by molar-refractivity contribution is 7.98. The van der Waals surface area contributed by atoms with E-state index in [0.29, 0.717) is 35.0 Å². The minimum absolute atomic E-state index is 0.169. The van der Waals surface area contributed by atoms with Gasteiger partial charge in [-0.2, -0.15) is 0 Å². The van der Waals surface area contributed by atoms with E-state index in [1.54, 1.807) is 37.1 Å².